The second-order valence-electron chi connectivity index (χ2n) is 11.0. The van der Waals surface area contributed by atoms with Gasteiger partial charge in [-0.05, 0) is 40.4 Å². The molecule has 202 valence electrons. The van der Waals surface area contributed by atoms with Gasteiger partial charge in [0.2, 0.25) is 0 Å². The Morgan fingerprint density at radius 1 is 0.650 bits per heavy atom. The van der Waals surface area contributed by atoms with Crippen molar-refractivity contribution in [3.63, 3.8) is 0 Å². The van der Waals surface area contributed by atoms with E-state index in [0.29, 0.717) is 6.42 Å². The minimum Gasteiger partial charge on any atom is -0.303 e. The molecule has 1 saturated carbocycles. The van der Waals surface area contributed by atoms with Crippen molar-refractivity contribution in [1.82, 2.24) is 9.47 Å². The lowest BCUT2D eigenvalue weighted by Gasteiger charge is -2.41. The summed E-state index contributed by atoms with van der Waals surface area (Å²) in [5, 5.41) is 3.08. The zero-order chi connectivity index (χ0) is 27.6. The van der Waals surface area contributed by atoms with Gasteiger partial charge in [-0.25, -0.2) is 4.79 Å². The highest BCUT2D eigenvalue weighted by Gasteiger charge is 2.65. The van der Waals surface area contributed by atoms with Crippen molar-refractivity contribution in [1.29, 1.82) is 0 Å². The van der Waals surface area contributed by atoms with Crippen LogP contribution in [0.2, 0.25) is 0 Å². The lowest BCUT2D eigenvalue weighted by Crippen LogP contribution is -2.78. The summed E-state index contributed by atoms with van der Waals surface area (Å²) in [4.78, 5) is 32.6. The van der Waals surface area contributed by atoms with Gasteiger partial charge < -0.3 is 4.90 Å². The van der Waals surface area contributed by atoms with Crippen LogP contribution in [0.15, 0.2) is 121 Å². The molecule has 6 rings (SSSR count). The average molecular weight is 545 g/mol. The molecule has 3 amide bonds. The third-order valence-electron chi connectivity index (χ3n) is 8.98. The largest absolute Gasteiger partial charge is 0.320 e. The Bertz CT molecular complexity index is 1360. The van der Waals surface area contributed by atoms with E-state index in [4.69, 9.17) is 0 Å². The zero-order valence-corrected chi connectivity index (χ0v) is 24.1. The maximum atomic E-state index is 15.4. The molecule has 1 atom stereocenters. The minimum atomic E-state index is -3.37. The third-order valence-corrected chi connectivity index (χ3v) is 13.6. The van der Waals surface area contributed by atoms with Crippen molar-refractivity contribution < 1.29 is 9.59 Å². The molecule has 1 aliphatic carbocycles. The van der Waals surface area contributed by atoms with Crippen LogP contribution in [0.4, 0.5) is 4.79 Å². The number of carbonyl (C=O) groups is 2. The summed E-state index contributed by atoms with van der Waals surface area (Å²) in [6, 6.07) is 40.7. The predicted octanol–water partition coefficient (Wildman–Crippen LogP) is 5.56. The first-order valence-corrected chi connectivity index (χ1v) is 16.5. The van der Waals surface area contributed by atoms with Crippen molar-refractivity contribution in [3.8, 4) is 0 Å². The van der Waals surface area contributed by atoms with Crippen LogP contribution in [-0.2, 0) is 10.3 Å². The molecule has 4 aromatic carbocycles. The Labute approximate surface area is 238 Å². The number of nitrogens with zero attached hydrogens (tertiary/aromatic N) is 2. The monoisotopic (exact) mass is 544 g/mol. The van der Waals surface area contributed by atoms with Crippen LogP contribution < -0.4 is 15.6 Å². The van der Waals surface area contributed by atoms with Crippen LogP contribution >= 0.6 is 0 Å². The molecule has 4 aromatic rings. The maximum Gasteiger partial charge on any atom is 0.320 e. The van der Waals surface area contributed by atoms with Gasteiger partial charge in [0.15, 0.2) is 0 Å². The van der Waals surface area contributed by atoms with Gasteiger partial charge >= 0.3 is 6.03 Å². The summed E-state index contributed by atoms with van der Waals surface area (Å²) in [5.41, 5.74) is -0.141. The lowest BCUT2D eigenvalue weighted by atomic mass is 9.82. The van der Waals surface area contributed by atoms with Gasteiger partial charge in [-0.1, -0.05) is 148 Å². The lowest BCUT2D eigenvalue weighted by molar-refractivity contribution is -0.132. The molecule has 1 heterocycles. The highest BCUT2D eigenvalue weighted by atomic mass is 28.3. The summed E-state index contributed by atoms with van der Waals surface area (Å²) in [6.07, 6.45) is 5.72. The molecule has 1 saturated heterocycles. The van der Waals surface area contributed by atoms with Gasteiger partial charge in [-0.2, -0.15) is 0 Å². The van der Waals surface area contributed by atoms with Crippen molar-refractivity contribution in [3.05, 3.63) is 127 Å². The van der Waals surface area contributed by atoms with Crippen molar-refractivity contribution in [2.45, 2.75) is 57.0 Å². The van der Waals surface area contributed by atoms with Gasteiger partial charge in [-0.15, -0.1) is 0 Å². The Kier molecular flexibility index (Phi) is 7.16. The molecule has 2 aliphatic rings. The van der Waals surface area contributed by atoms with Crippen LogP contribution in [0, 0.1) is 0 Å². The fraction of sp³-hybridized carbons (Fsp3) is 0.257. The topological polar surface area (TPSA) is 40.6 Å². The quantitative estimate of drug-likeness (QED) is 0.174. The molecule has 40 heavy (non-hydrogen) atoms. The van der Waals surface area contributed by atoms with Crippen molar-refractivity contribution in [2.24, 2.45) is 0 Å². The molecular formula is C35H36N2O2Si. The summed E-state index contributed by atoms with van der Waals surface area (Å²) >= 11 is 0. The van der Waals surface area contributed by atoms with E-state index in [-0.39, 0.29) is 18.0 Å². The standard InChI is InChI=1S/C35H36N2O2Si/c1-2-35(28-18-8-3-9-19-28)33(38)37(34(39)36(35)29-20-10-4-11-21-29)40(30-22-12-5-13-23-30,31-24-14-6-15-25-31)32-26-16-7-17-27-32/h3,5-9,12-19,22-27,29H,2,4,10-11,20-21H2,1H3. The summed E-state index contributed by atoms with van der Waals surface area (Å²) in [6.45, 7) is 2.06. The van der Waals surface area contributed by atoms with E-state index < -0.39 is 13.8 Å². The highest BCUT2D eigenvalue weighted by molar-refractivity contribution is 7.11. The second kappa shape index (κ2) is 10.9. The minimum absolute atomic E-state index is 0.0318. The Morgan fingerprint density at radius 2 is 1.07 bits per heavy atom. The SMILES string of the molecule is CCC1(c2ccccc2)C(=O)N([Si](c2ccccc2)(c2ccccc2)c2ccccc2)C(=O)N1C1CCCCC1. The molecule has 0 spiro atoms. The molecule has 0 bridgehead atoms. The summed E-state index contributed by atoms with van der Waals surface area (Å²) in [5.74, 6) is -0.0972. The molecular weight excluding hydrogens is 508 g/mol. The van der Waals surface area contributed by atoms with Crippen LogP contribution in [0.25, 0.3) is 0 Å². The van der Waals surface area contributed by atoms with Gasteiger partial charge in [0, 0.05) is 6.04 Å². The Morgan fingerprint density at radius 3 is 1.50 bits per heavy atom. The van der Waals surface area contributed by atoms with Crippen LogP contribution in [0.5, 0.6) is 0 Å². The summed E-state index contributed by atoms with van der Waals surface area (Å²) in [7, 11) is -3.37. The Balaban J connectivity index is 1.68. The predicted molar refractivity (Wildman–Crippen MR) is 163 cm³/mol. The number of imide groups is 1. The zero-order valence-electron chi connectivity index (χ0n) is 23.1. The number of hydrogen-bond acceptors (Lipinski definition) is 2. The number of hydrogen-bond donors (Lipinski definition) is 0. The van der Waals surface area contributed by atoms with E-state index in [1.54, 1.807) is 4.57 Å². The average Bonchev–Trinajstić information content (AvgIpc) is 3.26. The van der Waals surface area contributed by atoms with E-state index in [1.165, 1.54) is 6.42 Å². The molecule has 1 unspecified atom stereocenters. The normalized spacial score (nSPS) is 20.2. The molecule has 0 aromatic heterocycles. The van der Waals surface area contributed by atoms with Gasteiger partial charge in [-0.3, -0.25) is 9.36 Å². The van der Waals surface area contributed by atoms with Gasteiger partial charge in [0.25, 0.3) is 14.1 Å². The van der Waals surface area contributed by atoms with Crippen LogP contribution in [-0.4, -0.2) is 35.7 Å². The van der Waals surface area contributed by atoms with E-state index >= 15 is 9.59 Å². The summed E-state index contributed by atoms with van der Waals surface area (Å²) < 4.78 is 1.75. The number of amides is 3. The van der Waals surface area contributed by atoms with E-state index in [0.717, 1.165) is 46.8 Å². The molecule has 0 N–H and O–H groups in total. The van der Waals surface area contributed by atoms with Gasteiger partial charge in [0.1, 0.15) is 5.54 Å². The highest BCUT2D eigenvalue weighted by Crippen LogP contribution is 2.45. The first-order valence-electron chi connectivity index (χ1n) is 14.6. The molecule has 4 nitrogen and oxygen atoms in total. The second-order valence-corrected chi connectivity index (χ2v) is 14.6. The Hall–Kier alpha value is -3.96. The third kappa shape index (κ3) is 3.95. The van der Waals surface area contributed by atoms with Gasteiger partial charge in [0.05, 0.1) is 0 Å². The van der Waals surface area contributed by atoms with Crippen molar-refractivity contribution >= 4 is 35.7 Å². The van der Waals surface area contributed by atoms with Crippen molar-refractivity contribution in [2.75, 3.05) is 0 Å². The molecule has 5 heteroatoms. The number of rotatable bonds is 7. The number of urea groups is 1. The fourth-order valence-corrected chi connectivity index (χ4v) is 11.9. The molecule has 0 radical (unpaired) electrons. The number of carbonyl (C=O) groups excluding carboxylic acids is 2. The van der Waals surface area contributed by atoms with E-state index in [9.17, 15) is 0 Å². The first-order chi connectivity index (χ1) is 19.7. The molecule has 2 fully saturated rings. The van der Waals surface area contributed by atoms with Crippen LogP contribution in [0.1, 0.15) is 51.0 Å². The van der Waals surface area contributed by atoms with E-state index in [2.05, 4.69) is 43.3 Å². The smallest absolute Gasteiger partial charge is 0.303 e. The molecule has 1 aliphatic heterocycles. The van der Waals surface area contributed by atoms with E-state index in [1.807, 2.05) is 89.8 Å². The fourth-order valence-electron chi connectivity index (χ4n) is 7.18. The number of benzene rings is 4. The first kappa shape index (κ1) is 26.3. The maximum absolute atomic E-state index is 15.4. The van der Waals surface area contributed by atoms with Crippen LogP contribution in [0.3, 0.4) is 0 Å².